The van der Waals surface area contributed by atoms with E-state index in [1.807, 2.05) is 107 Å². The number of nitriles is 2. The van der Waals surface area contributed by atoms with Gasteiger partial charge < -0.3 is 32.8 Å². The summed E-state index contributed by atoms with van der Waals surface area (Å²) < 4.78 is 18.0. The normalized spacial score (nSPS) is 11.1. The van der Waals surface area contributed by atoms with Gasteiger partial charge in [-0.25, -0.2) is 9.55 Å². The van der Waals surface area contributed by atoms with E-state index in [0.717, 1.165) is 71.8 Å². The highest BCUT2D eigenvalue weighted by Gasteiger charge is 2.19. The van der Waals surface area contributed by atoms with E-state index in [1.54, 1.807) is 12.4 Å². The fourth-order valence-electron chi connectivity index (χ4n) is 6.75. The van der Waals surface area contributed by atoms with Crippen molar-refractivity contribution in [2.24, 2.45) is 7.05 Å². The second kappa shape index (κ2) is 12.2. The Labute approximate surface area is 302 Å². The molecule has 238 valence electrons. The largest absolute Gasteiger partial charge is 1.00 e. The third-order valence-corrected chi connectivity index (χ3v) is 9.01. The second-order valence-electron chi connectivity index (χ2n) is 11.8. The SMILES string of the molecule is C[n+]1cn(-c2ccc3c(c2)oc2ccccc23)c2cccc(C#N)c21.N#Cc1cccc2c1ncn2-c1ccc2c(c1)oc1ccccc12.[I-]. The number of hydrogen-bond acceptors (Lipinski definition) is 5. The number of halogens is 1. The lowest BCUT2D eigenvalue weighted by Crippen LogP contribution is -3.00. The Morgan fingerprint density at radius 2 is 1.12 bits per heavy atom. The summed E-state index contributed by atoms with van der Waals surface area (Å²) in [6.45, 7) is 0. The van der Waals surface area contributed by atoms with Crippen molar-refractivity contribution >= 4 is 65.9 Å². The van der Waals surface area contributed by atoms with E-state index in [4.69, 9.17) is 8.83 Å². The van der Waals surface area contributed by atoms with Crippen LogP contribution in [0.2, 0.25) is 0 Å². The second-order valence-corrected chi connectivity index (χ2v) is 11.8. The Kier molecular flexibility index (Phi) is 7.55. The van der Waals surface area contributed by atoms with Crippen molar-refractivity contribution in [3.05, 3.63) is 145 Å². The number of aryl methyl sites for hydroxylation is 1. The van der Waals surface area contributed by atoms with Gasteiger partial charge in [-0.15, -0.1) is 0 Å². The van der Waals surface area contributed by atoms with Crippen LogP contribution in [0, 0.1) is 22.7 Å². The summed E-state index contributed by atoms with van der Waals surface area (Å²) in [4.78, 5) is 4.40. The molecule has 0 amide bonds. The Bertz CT molecular complexity index is 3010. The van der Waals surface area contributed by atoms with Crippen LogP contribution in [0.4, 0.5) is 0 Å². The summed E-state index contributed by atoms with van der Waals surface area (Å²) in [5.41, 5.74) is 10.2. The Balaban J connectivity index is 0.000000142. The number of furan rings is 2. The maximum atomic E-state index is 9.37. The molecule has 4 heterocycles. The minimum atomic E-state index is 0. The van der Waals surface area contributed by atoms with Gasteiger partial charge in [-0.3, -0.25) is 4.57 Å². The maximum absolute atomic E-state index is 9.37. The first kappa shape index (κ1) is 30.9. The summed E-state index contributed by atoms with van der Waals surface area (Å²) in [5.74, 6) is 0. The zero-order valence-electron chi connectivity index (χ0n) is 26.6. The molecule has 10 aromatic rings. The highest BCUT2D eigenvalue weighted by molar-refractivity contribution is 6.06. The molecule has 50 heavy (non-hydrogen) atoms. The number of fused-ring (bicyclic) bond motifs is 8. The fourth-order valence-corrected chi connectivity index (χ4v) is 6.75. The molecule has 4 aromatic heterocycles. The van der Waals surface area contributed by atoms with Gasteiger partial charge in [0.2, 0.25) is 6.33 Å². The number of imidazole rings is 2. The average molecular weight is 761 g/mol. The summed E-state index contributed by atoms with van der Waals surface area (Å²) in [6, 6.07) is 44.3. The summed E-state index contributed by atoms with van der Waals surface area (Å²) >= 11 is 0. The number of hydrogen-bond donors (Lipinski definition) is 0. The first-order chi connectivity index (χ1) is 24.1. The van der Waals surface area contributed by atoms with Crippen LogP contribution in [0.25, 0.3) is 77.3 Å². The lowest BCUT2D eigenvalue weighted by Gasteiger charge is -2.04. The first-order valence-corrected chi connectivity index (χ1v) is 15.7. The molecule has 0 bridgehead atoms. The van der Waals surface area contributed by atoms with Crippen molar-refractivity contribution in [1.29, 1.82) is 10.5 Å². The number of aromatic nitrogens is 4. The van der Waals surface area contributed by atoms with Crippen LogP contribution in [0.5, 0.6) is 0 Å². The van der Waals surface area contributed by atoms with E-state index in [9.17, 15) is 10.5 Å². The molecule has 0 N–H and O–H groups in total. The van der Waals surface area contributed by atoms with E-state index in [2.05, 4.69) is 52.0 Å². The molecule has 9 heteroatoms. The molecule has 10 rings (SSSR count). The molecule has 0 radical (unpaired) electrons. The Hall–Kier alpha value is -6.43. The van der Waals surface area contributed by atoms with E-state index in [-0.39, 0.29) is 24.0 Å². The van der Waals surface area contributed by atoms with Gasteiger partial charge in [-0.1, -0.05) is 48.5 Å². The van der Waals surface area contributed by atoms with Gasteiger partial charge in [0.1, 0.15) is 57.6 Å². The highest BCUT2D eigenvalue weighted by Crippen LogP contribution is 2.32. The molecule has 0 atom stereocenters. The fraction of sp³-hybridized carbons (Fsp3) is 0.0244. The van der Waals surface area contributed by atoms with Crippen molar-refractivity contribution in [3.63, 3.8) is 0 Å². The molecule has 0 fully saturated rings. The monoisotopic (exact) mass is 760 g/mol. The van der Waals surface area contributed by atoms with Gasteiger partial charge in [0.25, 0.3) is 0 Å². The smallest absolute Gasteiger partial charge is 0.249 e. The van der Waals surface area contributed by atoms with Gasteiger partial charge >= 0.3 is 0 Å². The summed E-state index contributed by atoms with van der Waals surface area (Å²) in [5, 5.41) is 23.0. The van der Waals surface area contributed by atoms with Gasteiger partial charge in [0.15, 0.2) is 11.0 Å². The van der Waals surface area contributed by atoms with Crippen LogP contribution < -0.4 is 28.5 Å². The van der Waals surface area contributed by atoms with Gasteiger partial charge in [0.05, 0.1) is 23.8 Å². The molecule has 8 nitrogen and oxygen atoms in total. The highest BCUT2D eigenvalue weighted by atomic mass is 127. The number of nitrogens with zero attached hydrogens (tertiary/aromatic N) is 6. The predicted octanol–water partition coefficient (Wildman–Crippen LogP) is 6.03. The maximum Gasteiger partial charge on any atom is 0.249 e. The Morgan fingerprint density at radius 3 is 1.74 bits per heavy atom. The molecule has 0 saturated heterocycles. The van der Waals surface area contributed by atoms with Gasteiger partial charge in [-0.2, -0.15) is 15.1 Å². The predicted molar refractivity (Wildman–Crippen MR) is 190 cm³/mol. The van der Waals surface area contributed by atoms with Crippen molar-refractivity contribution in [2.45, 2.75) is 0 Å². The van der Waals surface area contributed by atoms with Gasteiger partial charge in [0, 0.05) is 33.7 Å². The molecular weight excluding hydrogens is 735 g/mol. The van der Waals surface area contributed by atoms with E-state index >= 15 is 0 Å². The van der Waals surface area contributed by atoms with Crippen LogP contribution in [0.3, 0.4) is 0 Å². The van der Waals surface area contributed by atoms with Crippen molar-refractivity contribution in [3.8, 4) is 23.5 Å². The molecule has 6 aromatic carbocycles. The topological polar surface area (TPSA) is 100 Å². The standard InChI is InChI=1S/C21H14N3O.C20H11N3O.HI/c1-23-13-24(18-7-4-5-14(12-22)21(18)23)15-9-10-17-16-6-2-3-8-19(16)25-20(17)11-15;21-11-13-4-3-6-17-20(13)22-12-23(17)14-8-9-16-15-5-1-2-7-18(15)24-19(16)10-14;/h2-11,13H,1H3;1-10,12H;1H/q+1;;/p-1. The quantitative estimate of drug-likeness (QED) is 0.159. The summed E-state index contributed by atoms with van der Waals surface area (Å²) in [7, 11) is 1.96. The van der Waals surface area contributed by atoms with E-state index < -0.39 is 0 Å². The van der Waals surface area contributed by atoms with E-state index in [1.165, 1.54) is 0 Å². The minimum absolute atomic E-state index is 0. The number of para-hydroxylation sites is 4. The van der Waals surface area contributed by atoms with Crippen molar-refractivity contribution < 1.29 is 37.4 Å². The molecule has 0 unspecified atom stereocenters. The zero-order valence-corrected chi connectivity index (χ0v) is 28.7. The van der Waals surface area contributed by atoms with Gasteiger partial charge in [-0.05, 0) is 60.7 Å². The number of benzene rings is 6. The molecule has 0 aliphatic rings. The third kappa shape index (κ3) is 4.87. The Morgan fingerprint density at radius 1 is 0.580 bits per heavy atom. The van der Waals surface area contributed by atoms with Crippen molar-refractivity contribution in [1.82, 2.24) is 14.1 Å². The molecule has 0 aliphatic carbocycles. The van der Waals surface area contributed by atoms with Crippen LogP contribution in [-0.2, 0) is 7.05 Å². The van der Waals surface area contributed by atoms with Crippen LogP contribution in [0.1, 0.15) is 11.1 Å². The van der Waals surface area contributed by atoms with Crippen LogP contribution >= 0.6 is 0 Å². The van der Waals surface area contributed by atoms with Crippen LogP contribution in [-0.4, -0.2) is 14.1 Å². The van der Waals surface area contributed by atoms with Crippen LogP contribution in [0.15, 0.2) is 143 Å². The molecule has 0 spiro atoms. The summed E-state index contributed by atoms with van der Waals surface area (Å²) in [6.07, 6.45) is 3.74. The molecular formula is C41H25IN6O2. The number of rotatable bonds is 2. The lowest BCUT2D eigenvalue weighted by atomic mass is 10.1. The van der Waals surface area contributed by atoms with Crippen molar-refractivity contribution in [2.75, 3.05) is 0 Å². The minimum Gasteiger partial charge on any atom is -1.00 e. The van der Waals surface area contributed by atoms with E-state index in [0.29, 0.717) is 16.6 Å². The zero-order chi connectivity index (χ0) is 33.1. The lowest BCUT2D eigenvalue weighted by molar-refractivity contribution is -0.645. The molecule has 0 aliphatic heterocycles. The average Bonchev–Trinajstić information content (AvgIpc) is 3.92. The first-order valence-electron chi connectivity index (χ1n) is 15.7. The third-order valence-electron chi connectivity index (χ3n) is 9.01. The molecule has 0 saturated carbocycles.